The molecular formula is C18H29N3O. The third kappa shape index (κ3) is 3.00. The number of piperazine rings is 1. The Morgan fingerprint density at radius 1 is 1.09 bits per heavy atom. The molecule has 22 heavy (non-hydrogen) atoms. The Morgan fingerprint density at radius 3 is 2.55 bits per heavy atom. The summed E-state index contributed by atoms with van der Waals surface area (Å²) in [5, 5.41) is 10.2. The molecule has 0 aliphatic carbocycles. The molecule has 3 rings (SSSR count). The number of aromatic hydroxyl groups is 1. The Balaban J connectivity index is 1.63. The fourth-order valence-electron chi connectivity index (χ4n) is 4.02. The quantitative estimate of drug-likeness (QED) is 0.904. The first-order valence-corrected chi connectivity index (χ1v) is 8.40. The monoisotopic (exact) mass is 303 g/mol. The van der Waals surface area contributed by atoms with Crippen LogP contribution in [0.3, 0.4) is 0 Å². The van der Waals surface area contributed by atoms with E-state index in [9.17, 15) is 5.11 Å². The van der Waals surface area contributed by atoms with Crippen LogP contribution in [0.5, 0.6) is 5.75 Å². The molecule has 1 spiro atoms. The molecule has 0 unspecified atom stereocenters. The Bertz CT molecular complexity index is 523. The van der Waals surface area contributed by atoms with Crippen LogP contribution in [0.25, 0.3) is 0 Å². The van der Waals surface area contributed by atoms with Crippen molar-refractivity contribution < 1.29 is 5.11 Å². The average Bonchev–Trinajstić information content (AvgIpc) is 2.50. The number of piperidine rings is 1. The highest BCUT2D eigenvalue weighted by Gasteiger charge is 2.41. The van der Waals surface area contributed by atoms with Crippen molar-refractivity contribution in [2.75, 3.05) is 46.8 Å². The van der Waals surface area contributed by atoms with Gasteiger partial charge >= 0.3 is 0 Å². The van der Waals surface area contributed by atoms with Gasteiger partial charge in [0.05, 0.1) is 0 Å². The van der Waals surface area contributed by atoms with E-state index in [0.29, 0.717) is 11.3 Å². The number of phenols is 1. The summed E-state index contributed by atoms with van der Waals surface area (Å²) < 4.78 is 0. The van der Waals surface area contributed by atoms with E-state index in [-0.39, 0.29) is 0 Å². The van der Waals surface area contributed by atoms with E-state index in [2.05, 4.69) is 28.8 Å². The fraction of sp³-hybridized carbons (Fsp3) is 0.667. The van der Waals surface area contributed by atoms with Gasteiger partial charge < -0.3 is 10.0 Å². The third-order valence-electron chi connectivity index (χ3n) is 5.69. The standard InChI is InChI=1S/C18H29N3O/c1-15-5-4-6-16(17(15)22)13-21-9-7-18(8-10-21)14-19(2)11-12-20(18)3/h4-6,22H,7-14H2,1-3H3. The number of likely N-dealkylation sites (tertiary alicyclic amines) is 1. The van der Waals surface area contributed by atoms with Gasteiger partial charge in [0.2, 0.25) is 0 Å². The Labute approximate surface area is 134 Å². The summed E-state index contributed by atoms with van der Waals surface area (Å²) in [4.78, 5) is 7.54. The van der Waals surface area contributed by atoms with E-state index >= 15 is 0 Å². The summed E-state index contributed by atoms with van der Waals surface area (Å²) >= 11 is 0. The van der Waals surface area contributed by atoms with Gasteiger partial charge in [0.15, 0.2) is 0 Å². The molecule has 1 aromatic rings. The molecule has 2 aliphatic rings. The highest BCUT2D eigenvalue weighted by atomic mass is 16.3. The van der Waals surface area contributed by atoms with E-state index in [1.165, 1.54) is 32.5 Å². The lowest BCUT2D eigenvalue weighted by Gasteiger charge is -2.52. The number of rotatable bonds is 2. The Kier molecular flexibility index (Phi) is 4.44. The summed E-state index contributed by atoms with van der Waals surface area (Å²) in [6.45, 7) is 8.61. The third-order valence-corrected chi connectivity index (χ3v) is 5.69. The summed E-state index contributed by atoms with van der Waals surface area (Å²) in [5.41, 5.74) is 2.39. The summed E-state index contributed by atoms with van der Waals surface area (Å²) in [6.07, 6.45) is 2.45. The van der Waals surface area contributed by atoms with Crippen LogP contribution >= 0.6 is 0 Å². The number of likely N-dealkylation sites (N-methyl/N-ethyl adjacent to an activating group) is 2. The number of hydrogen-bond donors (Lipinski definition) is 1. The van der Waals surface area contributed by atoms with Crippen LogP contribution in [0.2, 0.25) is 0 Å². The molecule has 0 saturated carbocycles. The van der Waals surface area contributed by atoms with Crippen molar-refractivity contribution >= 4 is 0 Å². The zero-order chi connectivity index (χ0) is 15.7. The van der Waals surface area contributed by atoms with Crippen molar-refractivity contribution in [3.63, 3.8) is 0 Å². The highest BCUT2D eigenvalue weighted by Crippen LogP contribution is 2.32. The van der Waals surface area contributed by atoms with Crippen molar-refractivity contribution in [1.82, 2.24) is 14.7 Å². The van der Waals surface area contributed by atoms with Gasteiger partial charge in [0.1, 0.15) is 5.75 Å². The van der Waals surface area contributed by atoms with Crippen LogP contribution in [-0.4, -0.2) is 72.2 Å². The molecule has 0 bridgehead atoms. The minimum atomic E-state index is 0.359. The van der Waals surface area contributed by atoms with Crippen molar-refractivity contribution in [2.24, 2.45) is 0 Å². The molecule has 0 radical (unpaired) electrons. The first-order valence-electron chi connectivity index (χ1n) is 8.40. The maximum atomic E-state index is 10.2. The van der Waals surface area contributed by atoms with Crippen molar-refractivity contribution in [3.05, 3.63) is 29.3 Å². The maximum absolute atomic E-state index is 10.2. The van der Waals surface area contributed by atoms with Crippen LogP contribution in [0.1, 0.15) is 24.0 Å². The molecule has 2 heterocycles. The number of aryl methyl sites for hydroxylation is 1. The van der Waals surface area contributed by atoms with Gasteiger partial charge in [-0.2, -0.15) is 0 Å². The summed E-state index contributed by atoms with van der Waals surface area (Å²) in [6, 6.07) is 6.06. The van der Waals surface area contributed by atoms with Gasteiger partial charge in [-0.3, -0.25) is 9.80 Å². The van der Waals surface area contributed by atoms with Crippen LogP contribution in [-0.2, 0) is 6.54 Å². The number of hydrogen-bond acceptors (Lipinski definition) is 4. The van der Waals surface area contributed by atoms with Gasteiger partial charge in [0, 0.05) is 50.4 Å². The molecule has 2 fully saturated rings. The van der Waals surface area contributed by atoms with E-state index in [1.54, 1.807) is 0 Å². The molecule has 0 atom stereocenters. The van der Waals surface area contributed by atoms with Gasteiger partial charge in [-0.1, -0.05) is 18.2 Å². The van der Waals surface area contributed by atoms with Gasteiger partial charge in [0.25, 0.3) is 0 Å². The normalized spacial score (nSPS) is 24.0. The lowest BCUT2D eigenvalue weighted by atomic mass is 9.83. The summed E-state index contributed by atoms with van der Waals surface area (Å²) in [7, 11) is 4.53. The van der Waals surface area contributed by atoms with Crippen molar-refractivity contribution in [2.45, 2.75) is 31.8 Å². The minimum absolute atomic E-state index is 0.359. The zero-order valence-corrected chi connectivity index (χ0v) is 14.2. The number of phenolic OH excluding ortho intramolecular Hbond substituents is 1. The summed E-state index contributed by atoms with van der Waals surface area (Å²) in [5.74, 6) is 0.470. The van der Waals surface area contributed by atoms with Gasteiger partial charge in [-0.25, -0.2) is 0 Å². The molecular weight excluding hydrogens is 274 g/mol. The SMILES string of the molecule is Cc1cccc(CN2CCC3(CC2)CN(C)CCN3C)c1O. The van der Waals surface area contributed by atoms with Crippen LogP contribution in [0, 0.1) is 6.92 Å². The molecule has 2 aliphatic heterocycles. The van der Waals surface area contributed by atoms with Crippen LogP contribution in [0.15, 0.2) is 18.2 Å². The predicted molar refractivity (Wildman–Crippen MR) is 90.2 cm³/mol. The van der Waals surface area contributed by atoms with E-state index in [1.807, 2.05) is 25.1 Å². The van der Waals surface area contributed by atoms with Gasteiger partial charge in [-0.15, -0.1) is 0 Å². The smallest absolute Gasteiger partial charge is 0.122 e. The second-order valence-electron chi connectivity index (χ2n) is 7.24. The zero-order valence-electron chi connectivity index (χ0n) is 14.2. The van der Waals surface area contributed by atoms with E-state index in [0.717, 1.165) is 30.8 Å². The van der Waals surface area contributed by atoms with Gasteiger partial charge in [-0.05, 0) is 39.4 Å². The molecule has 0 aromatic heterocycles. The van der Waals surface area contributed by atoms with Crippen LogP contribution < -0.4 is 0 Å². The first kappa shape index (κ1) is 15.8. The van der Waals surface area contributed by atoms with Crippen molar-refractivity contribution in [1.29, 1.82) is 0 Å². The molecule has 2 saturated heterocycles. The second kappa shape index (κ2) is 6.19. The minimum Gasteiger partial charge on any atom is -0.507 e. The average molecular weight is 303 g/mol. The molecule has 1 N–H and O–H groups in total. The lowest BCUT2D eigenvalue weighted by molar-refractivity contribution is -0.0206. The number of benzene rings is 1. The Morgan fingerprint density at radius 2 is 1.82 bits per heavy atom. The predicted octanol–water partition coefficient (Wildman–Crippen LogP) is 1.91. The largest absolute Gasteiger partial charge is 0.507 e. The maximum Gasteiger partial charge on any atom is 0.122 e. The Hall–Kier alpha value is -1.10. The topological polar surface area (TPSA) is 30.0 Å². The number of para-hydroxylation sites is 1. The molecule has 1 aromatic carbocycles. The second-order valence-corrected chi connectivity index (χ2v) is 7.24. The molecule has 0 amide bonds. The van der Waals surface area contributed by atoms with Crippen molar-refractivity contribution in [3.8, 4) is 5.75 Å². The molecule has 122 valence electrons. The highest BCUT2D eigenvalue weighted by molar-refractivity contribution is 5.39. The first-order chi connectivity index (χ1) is 10.5. The number of nitrogens with zero attached hydrogens (tertiary/aromatic N) is 3. The fourth-order valence-corrected chi connectivity index (χ4v) is 4.02. The van der Waals surface area contributed by atoms with Crippen LogP contribution in [0.4, 0.5) is 0 Å². The van der Waals surface area contributed by atoms with E-state index < -0.39 is 0 Å². The lowest BCUT2D eigenvalue weighted by Crippen LogP contribution is -2.63. The molecule has 4 nitrogen and oxygen atoms in total. The molecule has 4 heteroatoms. The van der Waals surface area contributed by atoms with E-state index in [4.69, 9.17) is 0 Å².